The number of halogens is 2. The number of amides is 1. The molecule has 1 amide bonds. The van der Waals surface area contributed by atoms with Crippen molar-refractivity contribution in [3.63, 3.8) is 0 Å². The maximum absolute atomic E-state index is 13.6. The Bertz CT molecular complexity index is 1370. The Morgan fingerprint density at radius 1 is 0.903 bits per heavy atom. The van der Waals surface area contributed by atoms with Crippen molar-refractivity contribution in [3.8, 4) is 11.4 Å². The summed E-state index contributed by atoms with van der Waals surface area (Å²) >= 11 is 13.7. The van der Waals surface area contributed by atoms with Crippen molar-refractivity contribution in [1.29, 1.82) is 0 Å². The number of rotatable bonds is 3. The number of thioether (sulfide) groups is 1. The van der Waals surface area contributed by atoms with Crippen LogP contribution in [-0.2, 0) is 4.79 Å². The van der Waals surface area contributed by atoms with Crippen LogP contribution in [0.15, 0.2) is 77.6 Å². The number of carbonyl (C=O) groups excluding carboxylic acids is 1. The minimum Gasteiger partial charge on any atom is -0.272 e. The average Bonchev–Trinajstić information content (AvgIpc) is 3.17. The van der Waals surface area contributed by atoms with Crippen LogP contribution in [0.3, 0.4) is 0 Å². The summed E-state index contributed by atoms with van der Waals surface area (Å²) in [4.78, 5) is 31.4. The number of fused-ring (bicyclic) bond motifs is 1. The van der Waals surface area contributed by atoms with Crippen molar-refractivity contribution in [3.05, 3.63) is 98.8 Å². The third kappa shape index (κ3) is 3.51. The molecule has 0 N–H and O–H groups in total. The van der Waals surface area contributed by atoms with Crippen LogP contribution in [0.25, 0.3) is 22.3 Å². The first-order valence-electron chi connectivity index (χ1n) is 9.51. The molecule has 8 heteroatoms. The van der Waals surface area contributed by atoms with Gasteiger partial charge in [-0.05, 0) is 29.8 Å². The second-order valence-corrected chi connectivity index (χ2v) is 8.89. The van der Waals surface area contributed by atoms with Gasteiger partial charge in [-0.2, -0.15) is 4.68 Å². The summed E-state index contributed by atoms with van der Waals surface area (Å²) in [7, 11) is 0. The van der Waals surface area contributed by atoms with E-state index < -0.39 is 5.37 Å². The molecule has 1 aliphatic heterocycles. The van der Waals surface area contributed by atoms with E-state index in [-0.39, 0.29) is 17.2 Å². The quantitative estimate of drug-likeness (QED) is 0.411. The van der Waals surface area contributed by atoms with Crippen LogP contribution in [0.5, 0.6) is 0 Å². The molecule has 5 nitrogen and oxygen atoms in total. The third-order valence-electron chi connectivity index (χ3n) is 5.07. The lowest BCUT2D eigenvalue weighted by atomic mass is 10.2. The highest BCUT2D eigenvalue weighted by molar-refractivity contribution is 8.00. The molecule has 3 aromatic carbocycles. The molecular formula is C23H15Cl2N3O2S. The van der Waals surface area contributed by atoms with E-state index in [4.69, 9.17) is 28.2 Å². The largest absolute Gasteiger partial charge is 0.280 e. The molecule has 5 rings (SSSR count). The van der Waals surface area contributed by atoms with Gasteiger partial charge in [0.25, 0.3) is 11.5 Å². The molecule has 31 heavy (non-hydrogen) atoms. The average molecular weight is 468 g/mol. The zero-order valence-electron chi connectivity index (χ0n) is 16.0. The van der Waals surface area contributed by atoms with Crippen molar-refractivity contribution in [2.24, 2.45) is 0 Å². The summed E-state index contributed by atoms with van der Waals surface area (Å²) in [5, 5.41) is 2.31. The van der Waals surface area contributed by atoms with E-state index in [2.05, 4.69) is 0 Å². The van der Waals surface area contributed by atoms with Gasteiger partial charge in [-0.3, -0.25) is 9.59 Å². The van der Waals surface area contributed by atoms with Gasteiger partial charge in [0.1, 0.15) is 5.37 Å². The number of benzene rings is 3. The Morgan fingerprint density at radius 3 is 2.42 bits per heavy atom. The first-order valence-corrected chi connectivity index (χ1v) is 11.3. The van der Waals surface area contributed by atoms with E-state index in [1.165, 1.54) is 21.4 Å². The molecule has 1 unspecified atom stereocenters. The van der Waals surface area contributed by atoms with Gasteiger partial charge in [-0.15, -0.1) is 11.8 Å². The Hall–Kier alpha value is -2.80. The summed E-state index contributed by atoms with van der Waals surface area (Å²) in [6.07, 6.45) is 0. The van der Waals surface area contributed by atoms with Crippen molar-refractivity contribution < 1.29 is 4.79 Å². The van der Waals surface area contributed by atoms with Crippen molar-refractivity contribution in [2.45, 2.75) is 5.37 Å². The molecule has 0 aliphatic carbocycles. The standard InChI is InChI=1S/C23H15Cl2N3O2S/c24-17-11-10-15(12-18(17)25)23-27(20(29)13-31-23)28-21(14-6-2-1-3-7-14)26-19-9-5-4-8-16(19)22(28)30/h1-12,23H,13H2. The Balaban J connectivity index is 1.77. The van der Waals surface area contributed by atoms with Gasteiger partial charge in [0, 0.05) is 5.56 Å². The lowest BCUT2D eigenvalue weighted by molar-refractivity contribution is -0.117. The lowest BCUT2D eigenvalue weighted by Crippen LogP contribution is -2.46. The van der Waals surface area contributed by atoms with Gasteiger partial charge in [-0.25, -0.2) is 9.99 Å². The Labute approximate surface area is 192 Å². The molecule has 0 saturated carbocycles. The number of para-hydroxylation sites is 1. The molecule has 154 valence electrons. The van der Waals surface area contributed by atoms with Gasteiger partial charge in [0.2, 0.25) is 0 Å². The van der Waals surface area contributed by atoms with E-state index in [0.717, 1.165) is 11.1 Å². The van der Waals surface area contributed by atoms with Gasteiger partial charge < -0.3 is 0 Å². The summed E-state index contributed by atoms with van der Waals surface area (Å²) in [5.41, 5.74) is 1.80. The lowest BCUT2D eigenvalue weighted by Gasteiger charge is -2.28. The minimum absolute atomic E-state index is 0.183. The van der Waals surface area contributed by atoms with Crippen LogP contribution in [0, 0.1) is 0 Å². The molecule has 0 spiro atoms. The molecule has 0 bridgehead atoms. The molecule has 2 heterocycles. The highest BCUT2D eigenvalue weighted by atomic mass is 35.5. The van der Waals surface area contributed by atoms with E-state index in [1.54, 1.807) is 30.3 Å². The molecular weight excluding hydrogens is 453 g/mol. The summed E-state index contributed by atoms with van der Waals surface area (Å²) in [6, 6.07) is 21.8. The van der Waals surface area contributed by atoms with Crippen LogP contribution in [0.4, 0.5) is 0 Å². The van der Waals surface area contributed by atoms with Crippen molar-refractivity contribution >= 4 is 51.8 Å². The number of hydrogen-bond donors (Lipinski definition) is 0. The van der Waals surface area contributed by atoms with Crippen molar-refractivity contribution in [1.82, 2.24) is 9.66 Å². The Kier molecular flexibility index (Phi) is 5.22. The summed E-state index contributed by atoms with van der Waals surface area (Å²) in [5.74, 6) is 0.459. The number of carbonyl (C=O) groups is 1. The number of nitrogens with zero attached hydrogens (tertiary/aromatic N) is 3. The number of aromatic nitrogens is 2. The fourth-order valence-electron chi connectivity index (χ4n) is 3.64. The first kappa shape index (κ1) is 20.1. The summed E-state index contributed by atoms with van der Waals surface area (Å²) < 4.78 is 1.40. The first-order chi connectivity index (χ1) is 15.0. The maximum Gasteiger partial charge on any atom is 0.280 e. The topological polar surface area (TPSA) is 55.2 Å². The van der Waals surface area contributed by atoms with E-state index in [1.807, 2.05) is 42.5 Å². The molecule has 0 radical (unpaired) electrons. The van der Waals surface area contributed by atoms with Crippen LogP contribution >= 0.6 is 35.0 Å². The molecule has 4 aromatic rings. The summed E-state index contributed by atoms with van der Waals surface area (Å²) in [6.45, 7) is 0. The highest BCUT2D eigenvalue weighted by Gasteiger charge is 2.37. The van der Waals surface area contributed by atoms with Crippen LogP contribution < -0.4 is 10.6 Å². The second-order valence-electron chi connectivity index (χ2n) is 7.01. The van der Waals surface area contributed by atoms with Crippen LogP contribution in [0.1, 0.15) is 10.9 Å². The van der Waals surface area contributed by atoms with Gasteiger partial charge in [0.05, 0.1) is 26.7 Å². The van der Waals surface area contributed by atoms with Crippen molar-refractivity contribution in [2.75, 3.05) is 10.8 Å². The van der Waals surface area contributed by atoms with Gasteiger partial charge in [-0.1, -0.05) is 71.7 Å². The molecule has 1 aliphatic rings. The molecule has 1 saturated heterocycles. The predicted molar refractivity (Wildman–Crippen MR) is 126 cm³/mol. The molecule has 1 fully saturated rings. The van der Waals surface area contributed by atoms with Crippen LogP contribution in [-0.4, -0.2) is 21.3 Å². The Morgan fingerprint density at radius 2 is 1.65 bits per heavy atom. The zero-order chi connectivity index (χ0) is 21.5. The fourth-order valence-corrected chi connectivity index (χ4v) is 5.07. The predicted octanol–water partition coefficient (Wildman–Crippen LogP) is 5.28. The third-order valence-corrected chi connectivity index (χ3v) is 7.01. The maximum atomic E-state index is 13.6. The zero-order valence-corrected chi connectivity index (χ0v) is 18.4. The van der Waals surface area contributed by atoms with Gasteiger partial charge >= 0.3 is 0 Å². The van der Waals surface area contributed by atoms with E-state index in [0.29, 0.717) is 26.8 Å². The highest BCUT2D eigenvalue weighted by Crippen LogP contribution is 2.40. The minimum atomic E-state index is -0.439. The second kappa shape index (κ2) is 8.04. The van der Waals surface area contributed by atoms with E-state index in [9.17, 15) is 9.59 Å². The van der Waals surface area contributed by atoms with Crippen LogP contribution in [0.2, 0.25) is 10.0 Å². The fraction of sp³-hybridized carbons (Fsp3) is 0.0870. The monoisotopic (exact) mass is 467 g/mol. The number of hydrogen-bond acceptors (Lipinski definition) is 4. The van der Waals surface area contributed by atoms with E-state index >= 15 is 0 Å². The SMILES string of the molecule is O=C1CSC(c2ccc(Cl)c(Cl)c2)N1n1c(-c2ccccc2)nc2ccccc2c1=O. The van der Waals surface area contributed by atoms with Gasteiger partial charge in [0.15, 0.2) is 5.82 Å². The smallest absolute Gasteiger partial charge is 0.272 e. The molecule has 1 atom stereocenters. The molecule has 1 aromatic heterocycles. The normalized spacial score (nSPS) is 16.3.